The highest BCUT2D eigenvalue weighted by atomic mass is 35.5. The zero-order valence-corrected chi connectivity index (χ0v) is 10.3. The maximum absolute atomic E-state index is 10.9. The molecule has 0 atom stereocenters. The zero-order chi connectivity index (χ0) is 13.1. The number of aryl methyl sites for hydroxylation is 1. The van der Waals surface area contributed by atoms with E-state index in [1.807, 2.05) is 19.1 Å². The van der Waals surface area contributed by atoms with Crippen LogP contribution in [0.15, 0.2) is 42.5 Å². The second kappa shape index (κ2) is 5.06. The first kappa shape index (κ1) is 12.4. The van der Waals surface area contributed by atoms with Crippen molar-refractivity contribution in [3.8, 4) is 11.5 Å². The van der Waals surface area contributed by atoms with Gasteiger partial charge in [-0.15, -0.1) is 0 Å². The van der Waals surface area contributed by atoms with Crippen LogP contribution in [0.25, 0.3) is 0 Å². The summed E-state index contributed by atoms with van der Waals surface area (Å²) >= 11 is 5.73. The molecule has 0 heterocycles. The summed E-state index contributed by atoms with van der Waals surface area (Å²) in [5.74, 6) is 0.732. The van der Waals surface area contributed by atoms with Crippen LogP contribution in [0.3, 0.4) is 0 Å². The number of nitro groups is 1. The smallest absolute Gasteiger partial charge is 0.313 e. The summed E-state index contributed by atoms with van der Waals surface area (Å²) < 4.78 is 5.51. The third-order valence-corrected chi connectivity index (χ3v) is 2.57. The molecule has 0 aliphatic rings. The molecule has 2 rings (SSSR count). The fourth-order valence-corrected chi connectivity index (χ4v) is 1.69. The minimum Gasteiger partial charge on any atom is -0.450 e. The molecule has 0 aliphatic heterocycles. The number of ether oxygens (including phenoxy) is 1. The minimum absolute atomic E-state index is 0.149. The standard InChI is InChI=1S/C13H10ClNO3/c1-9-3-2-4-11(7-9)18-13-6-5-10(14)8-12(13)15(16)17/h2-8H,1H3. The van der Waals surface area contributed by atoms with Gasteiger partial charge < -0.3 is 4.74 Å². The predicted octanol–water partition coefficient (Wildman–Crippen LogP) is 4.35. The van der Waals surface area contributed by atoms with E-state index in [4.69, 9.17) is 16.3 Å². The second-order valence-electron chi connectivity index (χ2n) is 3.79. The third-order valence-electron chi connectivity index (χ3n) is 2.34. The number of hydrogen-bond acceptors (Lipinski definition) is 3. The molecule has 0 unspecified atom stereocenters. The SMILES string of the molecule is Cc1cccc(Oc2ccc(Cl)cc2[N+](=O)[O-])c1. The van der Waals surface area contributed by atoms with Gasteiger partial charge in [0.15, 0.2) is 0 Å². The Labute approximate surface area is 109 Å². The fourth-order valence-electron chi connectivity index (χ4n) is 1.53. The molecule has 18 heavy (non-hydrogen) atoms. The van der Waals surface area contributed by atoms with Crippen molar-refractivity contribution in [1.29, 1.82) is 0 Å². The van der Waals surface area contributed by atoms with Gasteiger partial charge in [0.25, 0.3) is 0 Å². The number of nitro benzene ring substituents is 1. The molecule has 0 N–H and O–H groups in total. The number of hydrogen-bond donors (Lipinski definition) is 0. The average Bonchev–Trinajstić information content (AvgIpc) is 2.31. The van der Waals surface area contributed by atoms with Gasteiger partial charge in [0, 0.05) is 11.1 Å². The van der Waals surface area contributed by atoms with Crippen molar-refractivity contribution < 1.29 is 9.66 Å². The Hall–Kier alpha value is -2.07. The molecule has 0 saturated heterocycles. The largest absolute Gasteiger partial charge is 0.450 e. The van der Waals surface area contributed by atoms with Crippen LogP contribution in [0, 0.1) is 17.0 Å². The highest BCUT2D eigenvalue weighted by Crippen LogP contribution is 2.33. The molecular formula is C13H10ClNO3. The summed E-state index contributed by atoms with van der Waals surface area (Å²) in [7, 11) is 0. The number of benzene rings is 2. The summed E-state index contributed by atoms with van der Waals surface area (Å²) in [6.07, 6.45) is 0. The van der Waals surface area contributed by atoms with Crippen LogP contribution in [-0.2, 0) is 0 Å². The Bertz CT molecular complexity index is 599. The number of rotatable bonds is 3. The van der Waals surface area contributed by atoms with E-state index in [9.17, 15) is 10.1 Å². The van der Waals surface area contributed by atoms with E-state index < -0.39 is 4.92 Å². The van der Waals surface area contributed by atoms with Gasteiger partial charge in [-0.3, -0.25) is 10.1 Å². The van der Waals surface area contributed by atoms with Crippen molar-refractivity contribution in [2.75, 3.05) is 0 Å². The van der Waals surface area contributed by atoms with Gasteiger partial charge in [-0.25, -0.2) is 0 Å². The quantitative estimate of drug-likeness (QED) is 0.611. The van der Waals surface area contributed by atoms with Crippen LogP contribution in [0.5, 0.6) is 11.5 Å². The van der Waals surface area contributed by atoms with E-state index in [0.29, 0.717) is 10.8 Å². The number of nitrogens with zero attached hydrogens (tertiary/aromatic N) is 1. The molecule has 0 spiro atoms. The Morgan fingerprint density at radius 3 is 2.67 bits per heavy atom. The lowest BCUT2D eigenvalue weighted by molar-refractivity contribution is -0.385. The second-order valence-corrected chi connectivity index (χ2v) is 4.22. The lowest BCUT2D eigenvalue weighted by Crippen LogP contribution is -1.93. The first-order valence-corrected chi connectivity index (χ1v) is 5.62. The zero-order valence-electron chi connectivity index (χ0n) is 9.59. The summed E-state index contributed by atoms with van der Waals surface area (Å²) in [6.45, 7) is 1.92. The normalized spacial score (nSPS) is 10.1. The first-order chi connectivity index (χ1) is 8.56. The lowest BCUT2D eigenvalue weighted by atomic mass is 10.2. The highest BCUT2D eigenvalue weighted by Gasteiger charge is 2.16. The maximum atomic E-state index is 10.9. The Morgan fingerprint density at radius 1 is 1.22 bits per heavy atom. The monoisotopic (exact) mass is 263 g/mol. The van der Waals surface area contributed by atoms with Gasteiger partial charge in [-0.2, -0.15) is 0 Å². The van der Waals surface area contributed by atoms with Crippen LogP contribution in [0.4, 0.5) is 5.69 Å². The molecule has 0 fully saturated rings. The van der Waals surface area contributed by atoms with Crippen molar-refractivity contribution in [2.24, 2.45) is 0 Å². The van der Waals surface area contributed by atoms with E-state index in [0.717, 1.165) is 5.56 Å². The Morgan fingerprint density at radius 2 is 2.00 bits per heavy atom. The van der Waals surface area contributed by atoms with Crippen LogP contribution in [-0.4, -0.2) is 4.92 Å². The molecule has 0 saturated carbocycles. The van der Waals surface area contributed by atoms with E-state index in [-0.39, 0.29) is 11.4 Å². The molecule has 5 heteroatoms. The van der Waals surface area contributed by atoms with E-state index in [2.05, 4.69) is 0 Å². The molecular weight excluding hydrogens is 254 g/mol. The van der Waals surface area contributed by atoms with Crippen molar-refractivity contribution in [3.63, 3.8) is 0 Å². The van der Waals surface area contributed by atoms with Crippen LogP contribution >= 0.6 is 11.6 Å². The van der Waals surface area contributed by atoms with E-state index >= 15 is 0 Å². The van der Waals surface area contributed by atoms with E-state index in [1.165, 1.54) is 12.1 Å². The molecule has 0 bridgehead atoms. The Kier molecular flexibility index (Phi) is 3.48. The third kappa shape index (κ3) is 2.78. The van der Waals surface area contributed by atoms with Gasteiger partial charge in [-0.05, 0) is 36.8 Å². The average molecular weight is 264 g/mol. The minimum atomic E-state index is -0.517. The van der Waals surface area contributed by atoms with Gasteiger partial charge in [0.1, 0.15) is 5.75 Å². The van der Waals surface area contributed by atoms with Gasteiger partial charge in [0.05, 0.1) is 4.92 Å². The maximum Gasteiger partial charge on any atom is 0.313 e. The molecule has 0 amide bonds. The molecule has 0 aliphatic carbocycles. The fraction of sp³-hybridized carbons (Fsp3) is 0.0769. The van der Waals surface area contributed by atoms with Crippen molar-refractivity contribution >= 4 is 17.3 Å². The topological polar surface area (TPSA) is 52.4 Å². The molecule has 92 valence electrons. The van der Waals surface area contributed by atoms with E-state index in [1.54, 1.807) is 18.2 Å². The predicted molar refractivity (Wildman–Crippen MR) is 69.4 cm³/mol. The molecule has 2 aromatic rings. The molecule has 4 nitrogen and oxygen atoms in total. The van der Waals surface area contributed by atoms with Crippen LogP contribution in [0.2, 0.25) is 5.02 Å². The Balaban J connectivity index is 2.37. The van der Waals surface area contributed by atoms with Crippen molar-refractivity contribution in [1.82, 2.24) is 0 Å². The van der Waals surface area contributed by atoms with Gasteiger partial charge in [0.2, 0.25) is 5.75 Å². The molecule has 0 aromatic heterocycles. The van der Waals surface area contributed by atoms with Gasteiger partial charge in [-0.1, -0.05) is 23.7 Å². The molecule has 2 aromatic carbocycles. The highest BCUT2D eigenvalue weighted by molar-refractivity contribution is 6.30. The van der Waals surface area contributed by atoms with Gasteiger partial charge >= 0.3 is 5.69 Å². The summed E-state index contributed by atoms with van der Waals surface area (Å²) in [6, 6.07) is 11.6. The molecule has 0 radical (unpaired) electrons. The van der Waals surface area contributed by atoms with Crippen LogP contribution in [0.1, 0.15) is 5.56 Å². The lowest BCUT2D eigenvalue weighted by Gasteiger charge is -2.07. The summed E-state index contributed by atoms with van der Waals surface area (Å²) in [5.41, 5.74) is 0.869. The van der Waals surface area contributed by atoms with Crippen LogP contribution < -0.4 is 4.74 Å². The van der Waals surface area contributed by atoms with Crippen molar-refractivity contribution in [3.05, 3.63) is 63.2 Å². The summed E-state index contributed by atoms with van der Waals surface area (Å²) in [5, 5.41) is 11.2. The number of halogens is 1. The van der Waals surface area contributed by atoms with Crippen molar-refractivity contribution in [2.45, 2.75) is 6.92 Å². The summed E-state index contributed by atoms with van der Waals surface area (Å²) in [4.78, 5) is 10.4. The first-order valence-electron chi connectivity index (χ1n) is 5.25.